The van der Waals surface area contributed by atoms with Crippen LogP contribution in [0, 0.1) is 0 Å². The van der Waals surface area contributed by atoms with Crippen LogP contribution in [0.2, 0.25) is 0 Å². The average molecular weight is 353 g/mol. The first-order valence-corrected chi connectivity index (χ1v) is 4.54. The van der Waals surface area contributed by atoms with E-state index in [1.54, 1.807) is 15.9 Å². The van der Waals surface area contributed by atoms with Crippen molar-refractivity contribution < 1.29 is 17.6 Å². The lowest BCUT2D eigenvalue weighted by atomic mass is 10.4. The van der Waals surface area contributed by atoms with E-state index in [4.69, 9.17) is 0 Å². The second-order valence-corrected chi connectivity index (χ2v) is 5.48. The van der Waals surface area contributed by atoms with Gasteiger partial charge in [0.1, 0.15) is 3.74 Å². The Morgan fingerprint density at radius 1 is 1.00 bits per heavy atom. The number of rotatable bonds is 2. The Kier molecular flexibility index (Phi) is 3.64. The molecule has 0 bridgehead atoms. The van der Waals surface area contributed by atoms with Crippen LogP contribution < -0.4 is 0 Å². The number of halogens is 7. The lowest BCUT2D eigenvalue weighted by Crippen LogP contribution is -2.40. The van der Waals surface area contributed by atoms with Crippen LogP contribution in [0.4, 0.5) is 17.6 Å². The van der Waals surface area contributed by atoms with Gasteiger partial charge in [-0.25, -0.2) is 0 Å². The quantitative estimate of drug-likeness (QED) is 0.525. The van der Waals surface area contributed by atoms with E-state index in [1.807, 2.05) is 0 Å². The summed E-state index contributed by atoms with van der Waals surface area (Å²) in [6.07, 6.45) is 0. The molecule has 0 saturated heterocycles. The molecule has 0 radical (unpaired) electrons. The Balaban J connectivity index is 4.40. The lowest BCUT2D eigenvalue weighted by molar-refractivity contribution is -0.132. The minimum Gasteiger partial charge on any atom is -0.196 e. The van der Waals surface area contributed by atoms with Crippen molar-refractivity contribution in [2.24, 2.45) is 0 Å². The van der Waals surface area contributed by atoms with E-state index in [9.17, 15) is 17.6 Å². The first-order chi connectivity index (χ1) is 4.19. The van der Waals surface area contributed by atoms with Crippen molar-refractivity contribution in [1.82, 2.24) is 0 Å². The second-order valence-electron chi connectivity index (χ2n) is 1.42. The molecule has 0 aromatic rings. The van der Waals surface area contributed by atoms with Crippen LogP contribution in [0.1, 0.15) is 0 Å². The minimum absolute atomic E-state index is 1.56. The molecule has 0 aliphatic rings. The molecule has 0 atom stereocenters. The largest absolute Gasteiger partial charge is 0.365 e. The van der Waals surface area contributed by atoms with Crippen LogP contribution in [0.15, 0.2) is 0 Å². The Morgan fingerprint density at radius 3 is 1.30 bits per heavy atom. The molecule has 0 fully saturated rings. The topological polar surface area (TPSA) is 0 Å². The molecule has 0 aromatic carbocycles. The van der Waals surface area contributed by atoms with Crippen LogP contribution in [0.25, 0.3) is 0 Å². The fraction of sp³-hybridized carbons (Fsp3) is 1.00. The van der Waals surface area contributed by atoms with Gasteiger partial charge >= 0.3 is 10.8 Å². The molecule has 0 unspecified atom stereocenters. The van der Waals surface area contributed by atoms with Gasteiger partial charge in [0.05, 0.1) is 0 Å². The van der Waals surface area contributed by atoms with Crippen molar-refractivity contribution in [3.8, 4) is 0 Å². The molecule has 7 heteroatoms. The third-order valence-corrected chi connectivity index (χ3v) is 2.33. The SMILES string of the molecule is FC(F)(Br)C(F)(F)C(Br)Br. The van der Waals surface area contributed by atoms with Gasteiger partial charge in [0.2, 0.25) is 0 Å². The maximum Gasteiger partial charge on any atom is 0.365 e. The summed E-state index contributed by atoms with van der Waals surface area (Å²) in [5.41, 5.74) is 0. The summed E-state index contributed by atoms with van der Waals surface area (Å²) in [5.74, 6) is -4.15. The molecule has 0 aliphatic carbocycles. The minimum atomic E-state index is -4.20. The van der Waals surface area contributed by atoms with Gasteiger partial charge < -0.3 is 0 Å². The van der Waals surface area contributed by atoms with E-state index in [1.165, 1.54) is 0 Å². The van der Waals surface area contributed by atoms with Crippen LogP contribution in [-0.4, -0.2) is 14.5 Å². The molecule has 0 heterocycles. The van der Waals surface area contributed by atoms with Crippen LogP contribution in [-0.2, 0) is 0 Å². The van der Waals surface area contributed by atoms with Crippen molar-refractivity contribution in [2.45, 2.75) is 14.5 Å². The van der Waals surface area contributed by atoms with E-state index in [-0.39, 0.29) is 0 Å². The van der Waals surface area contributed by atoms with Crippen molar-refractivity contribution in [1.29, 1.82) is 0 Å². The highest BCUT2D eigenvalue weighted by molar-refractivity contribution is 9.24. The Labute approximate surface area is 79.7 Å². The third kappa shape index (κ3) is 2.34. The summed E-state index contributed by atoms with van der Waals surface area (Å²) in [5, 5.41) is 0. The van der Waals surface area contributed by atoms with Crippen molar-refractivity contribution in [2.75, 3.05) is 0 Å². The zero-order valence-corrected chi connectivity index (χ0v) is 8.98. The molecule has 0 rings (SSSR count). The van der Waals surface area contributed by atoms with Gasteiger partial charge in [-0.05, 0) is 15.9 Å². The van der Waals surface area contributed by atoms with E-state index < -0.39 is 14.5 Å². The predicted octanol–water partition coefficient (Wildman–Crippen LogP) is 3.73. The molecule has 0 N–H and O–H groups in total. The van der Waals surface area contributed by atoms with Gasteiger partial charge in [-0.1, -0.05) is 31.9 Å². The number of hydrogen-bond acceptors (Lipinski definition) is 0. The van der Waals surface area contributed by atoms with Gasteiger partial charge in [-0.15, -0.1) is 0 Å². The van der Waals surface area contributed by atoms with Crippen molar-refractivity contribution >= 4 is 47.8 Å². The van der Waals surface area contributed by atoms with E-state index in [0.29, 0.717) is 0 Å². The normalized spacial score (nSPS) is 14.4. The highest BCUT2D eigenvalue weighted by Crippen LogP contribution is 2.45. The standard InChI is InChI=1S/C3HBr3F4/c4-1(5)2(7,8)3(6,9)10/h1H. The van der Waals surface area contributed by atoms with Crippen molar-refractivity contribution in [3.63, 3.8) is 0 Å². The fourth-order valence-corrected chi connectivity index (χ4v) is 1.54. The van der Waals surface area contributed by atoms with E-state index in [0.717, 1.165) is 0 Å². The summed E-state index contributed by atoms with van der Waals surface area (Å²) in [6.45, 7) is 0. The highest BCUT2D eigenvalue weighted by Gasteiger charge is 2.58. The zero-order valence-electron chi connectivity index (χ0n) is 4.22. The monoisotopic (exact) mass is 350 g/mol. The van der Waals surface area contributed by atoms with Gasteiger partial charge in [-0.3, -0.25) is 0 Å². The summed E-state index contributed by atoms with van der Waals surface area (Å²) < 4.78 is 46.3. The Morgan fingerprint density at radius 2 is 1.30 bits per heavy atom. The number of hydrogen-bond donors (Lipinski definition) is 0. The van der Waals surface area contributed by atoms with Gasteiger partial charge in [0, 0.05) is 0 Å². The molecule has 62 valence electrons. The Hall–Kier alpha value is 1.16. The van der Waals surface area contributed by atoms with Gasteiger partial charge in [0.25, 0.3) is 0 Å². The maximum atomic E-state index is 12.2. The average Bonchev–Trinajstić information content (AvgIpc) is 1.62. The zero-order chi connectivity index (χ0) is 8.58. The predicted molar refractivity (Wildman–Crippen MR) is 40.5 cm³/mol. The first kappa shape index (κ1) is 11.2. The second kappa shape index (κ2) is 3.26. The molecule has 0 aliphatic heterocycles. The molecule has 0 spiro atoms. The fourth-order valence-electron chi connectivity index (χ4n) is 0.124. The lowest BCUT2D eigenvalue weighted by Gasteiger charge is -2.22. The number of alkyl halides is 7. The molecular weight excluding hydrogens is 352 g/mol. The molecule has 0 amide bonds. The first-order valence-electron chi connectivity index (χ1n) is 1.92. The summed E-state index contributed by atoms with van der Waals surface area (Å²) in [7, 11) is 0. The third-order valence-electron chi connectivity index (χ3n) is 0.652. The summed E-state index contributed by atoms with van der Waals surface area (Å²) in [4.78, 5) is -4.20. The van der Waals surface area contributed by atoms with Gasteiger partial charge in [-0.2, -0.15) is 17.6 Å². The maximum absolute atomic E-state index is 12.2. The molecular formula is C3HBr3F4. The smallest absolute Gasteiger partial charge is 0.196 e. The Bertz CT molecular complexity index is 117. The van der Waals surface area contributed by atoms with Gasteiger partial charge in [0.15, 0.2) is 0 Å². The van der Waals surface area contributed by atoms with E-state index >= 15 is 0 Å². The van der Waals surface area contributed by atoms with Crippen LogP contribution in [0.5, 0.6) is 0 Å². The van der Waals surface area contributed by atoms with Crippen molar-refractivity contribution in [3.05, 3.63) is 0 Å². The van der Waals surface area contributed by atoms with E-state index in [2.05, 4.69) is 31.9 Å². The molecule has 0 saturated carbocycles. The molecule has 10 heavy (non-hydrogen) atoms. The summed E-state index contributed by atoms with van der Waals surface area (Å²) >= 11 is 6.13. The van der Waals surface area contributed by atoms with Crippen LogP contribution >= 0.6 is 47.8 Å². The summed E-state index contributed by atoms with van der Waals surface area (Å²) in [6, 6.07) is 0. The molecule has 0 nitrogen and oxygen atoms in total. The van der Waals surface area contributed by atoms with Crippen LogP contribution in [0.3, 0.4) is 0 Å². The molecule has 0 aromatic heterocycles. The highest BCUT2D eigenvalue weighted by atomic mass is 79.9.